The summed E-state index contributed by atoms with van der Waals surface area (Å²) in [5.74, 6) is 0.694. The van der Waals surface area contributed by atoms with E-state index in [1.807, 2.05) is 61.5 Å². The molecule has 2 amide bonds. The molecule has 2 heterocycles. The molecule has 2 atom stereocenters. The number of aromatic nitrogens is 1. The summed E-state index contributed by atoms with van der Waals surface area (Å²) >= 11 is 0. The summed E-state index contributed by atoms with van der Waals surface area (Å²) in [7, 11) is 0. The van der Waals surface area contributed by atoms with Gasteiger partial charge in [0.1, 0.15) is 17.5 Å². The first-order valence-electron chi connectivity index (χ1n) is 14.9. The molecule has 0 radical (unpaired) electrons. The number of rotatable bonds is 17. The van der Waals surface area contributed by atoms with E-state index in [1.165, 1.54) is 5.56 Å². The van der Waals surface area contributed by atoms with Gasteiger partial charge in [0.2, 0.25) is 6.29 Å². The Labute approximate surface area is 248 Å². The fraction of sp³-hybridized carbons (Fsp3) is 0.455. The standard InChI is InChI=1S/C33H44N4O5/c1-24-19-25(21-27(20-24)36-33(34)39)11-7-10-18-40-17-9-3-2-8-16-35-22-30(38)28-14-15-31-29(37-28)23-41-32(42-31)26-12-5-4-6-13-26/h4-6,12-15,19-21,30,32,35,38H,2-3,7-11,16-18,22-23H2,1H3,(H3,34,36,39). The number of nitrogens with one attached hydrogen (secondary N) is 2. The van der Waals surface area contributed by atoms with E-state index in [1.54, 1.807) is 0 Å². The highest BCUT2D eigenvalue weighted by Crippen LogP contribution is 2.32. The number of amides is 2. The van der Waals surface area contributed by atoms with Crippen molar-refractivity contribution in [1.29, 1.82) is 0 Å². The van der Waals surface area contributed by atoms with E-state index in [0.29, 0.717) is 30.3 Å². The maximum Gasteiger partial charge on any atom is 0.316 e. The number of aliphatic hydroxyl groups is 1. The zero-order chi connectivity index (χ0) is 29.6. The van der Waals surface area contributed by atoms with Gasteiger partial charge in [0.15, 0.2) is 0 Å². The van der Waals surface area contributed by atoms with Crippen molar-refractivity contribution >= 4 is 11.7 Å². The first-order valence-corrected chi connectivity index (χ1v) is 14.9. The van der Waals surface area contributed by atoms with Crippen molar-refractivity contribution in [3.63, 3.8) is 0 Å². The summed E-state index contributed by atoms with van der Waals surface area (Å²) in [4.78, 5) is 15.7. The number of urea groups is 1. The third-order valence-electron chi connectivity index (χ3n) is 7.11. The van der Waals surface area contributed by atoms with Crippen molar-refractivity contribution in [2.45, 2.75) is 70.9 Å². The van der Waals surface area contributed by atoms with Crippen LogP contribution in [0.5, 0.6) is 5.75 Å². The molecule has 9 heteroatoms. The first kappa shape index (κ1) is 31.4. The van der Waals surface area contributed by atoms with Crippen LogP contribution in [0.25, 0.3) is 0 Å². The lowest BCUT2D eigenvalue weighted by Gasteiger charge is -2.26. The number of unbranched alkanes of at least 4 members (excludes halogenated alkanes) is 4. The number of benzene rings is 2. The number of anilines is 1. The molecule has 9 nitrogen and oxygen atoms in total. The van der Waals surface area contributed by atoms with Gasteiger partial charge in [0.25, 0.3) is 0 Å². The lowest BCUT2D eigenvalue weighted by Crippen LogP contribution is -2.24. The largest absolute Gasteiger partial charge is 0.459 e. The molecule has 1 aliphatic heterocycles. The Hall–Kier alpha value is -3.50. The van der Waals surface area contributed by atoms with Crippen LogP contribution in [-0.2, 0) is 22.5 Å². The molecule has 1 aromatic heterocycles. The Morgan fingerprint density at radius 2 is 1.83 bits per heavy atom. The monoisotopic (exact) mass is 576 g/mol. The van der Waals surface area contributed by atoms with Crippen LogP contribution in [0.15, 0.2) is 60.7 Å². The highest BCUT2D eigenvalue weighted by molar-refractivity contribution is 5.87. The number of aryl methyl sites for hydroxylation is 2. The Morgan fingerprint density at radius 1 is 1.05 bits per heavy atom. The van der Waals surface area contributed by atoms with Gasteiger partial charge >= 0.3 is 6.03 Å². The number of ether oxygens (including phenoxy) is 3. The van der Waals surface area contributed by atoms with Crippen LogP contribution in [0.2, 0.25) is 0 Å². The Kier molecular flexibility index (Phi) is 12.6. The summed E-state index contributed by atoms with van der Waals surface area (Å²) in [6, 6.07) is 19.0. The number of carbonyl (C=O) groups excluding carboxylic acids is 1. The molecule has 42 heavy (non-hydrogen) atoms. The van der Waals surface area contributed by atoms with E-state index in [9.17, 15) is 9.90 Å². The predicted octanol–water partition coefficient (Wildman–Crippen LogP) is 5.71. The van der Waals surface area contributed by atoms with Gasteiger partial charge in [-0.05, 0) is 81.0 Å². The number of pyridine rings is 1. The minimum atomic E-state index is -0.685. The summed E-state index contributed by atoms with van der Waals surface area (Å²) < 4.78 is 17.6. The van der Waals surface area contributed by atoms with Crippen molar-refractivity contribution in [2.24, 2.45) is 5.73 Å². The van der Waals surface area contributed by atoms with Crippen molar-refractivity contribution < 1.29 is 24.1 Å². The van der Waals surface area contributed by atoms with Crippen LogP contribution >= 0.6 is 0 Å². The molecule has 226 valence electrons. The number of nitrogens with zero attached hydrogens (tertiary/aromatic N) is 1. The van der Waals surface area contributed by atoms with Crippen LogP contribution in [-0.4, -0.2) is 42.4 Å². The molecule has 1 aliphatic rings. The van der Waals surface area contributed by atoms with Crippen molar-refractivity contribution in [2.75, 3.05) is 31.6 Å². The lowest BCUT2D eigenvalue weighted by molar-refractivity contribution is -0.113. The van der Waals surface area contributed by atoms with E-state index in [0.717, 1.165) is 81.5 Å². The fourth-order valence-electron chi connectivity index (χ4n) is 4.99. The van der Waals surface area contributed by atoms with E-state index in [4.69, 9.17) is 19.9 Å². The van der Waals surface area contributed by atoms with Gasteiger partial charge in [-0.3, -0.25) is 0 Å². The summed E-state index contributed by atoms with van der Waals surface area (Å²) in [5, 5.41) is 16.6. The molecular formula is C33H44N4O5. The zero-order valence-electron chi connectivity index (χ0n) is 24.5. The van der Waals surface area contributed by atoms with E-state index < -0.39 is 18.4 Å². The number of aliphatic hydroxyl groups excluding tert-OH is 1. The molecule has 2 unspecified atom stereocenters. The van der Waals surface area contributed by atoms with Gasteiger partial charge in [0.05, 0.1) is 12.3 Å². The van der Waals surface area contributed by atoms with Crippen molar-refractivity contribution in [3.05, 3.63) is 88.7 Å². The second-order valence-electron chi connectivity index (χ2n) is 10.8. The lowest BCUT2D eigenvalue weighted by atomic mass is 10.0. The average molecular weight is 577 g/mol. The van der Waals surface area contributed by atoms with Gasteiger partial charge in [-0.15, -0.1) is 0 Å². The molecule has 5 N–H and O–H groups in total. The van der Waals surface area contributed by atoms with Crippen molar-refractivity contribution in [1.82, 2.24) is 10.3 Å². The Bertz CT molecular complexity index is 1260. The van der Waals surface area contributed by atoms with Crippen LogP contribution in [0.1, 0.15) is 79.0 Å². The molecule has 2 aromatic carbocycles. The topological polar surface area (TPSA) is 128 Å². The molecule has 0 saturated heterocycles. The molecule has 0 bridgehead atoms. The van der Waals surface area contributed by atoms with Gasteiger partial charge in [-0.1, -0.05) is 49.2 Å². The number of hydrogen-bond donors (Lipinski definition) is 4. The molecule has 0 fully saturated rings. The number of fused-ring (bicyclic) bond motifs is 1. The minimum Gasteiger partial charge on any atom is -0.459 e. The maximum atomic E-state index is 11.1. The zero-order valence-corrected chi connectivity index (χ0v) is 24.5. The number of hydrogen-bond acceptors (Lipinski definition) is 7. The molecule has 3 aromatic rings. The SMILES string of the molecule is Cc1cc(CCCCOCCCCCCNCC(O)c2ccc3c(n2)COC(c2ccccc2)O3)cc(NC(N)=O)c1. The Balaban J connectivity index is 0.998. The normalized spacial score (nSPS) is 15.0. The highest BCUT2D eigenvalue weighted by Gasteiger charge is 2.24. The average Bonchev–Trinajstić information content (AvgIpc) is 2.98. The Morgan fingerprint density at radius 3 is 2.64 bits per heavy atom. The molecule has 0 spiro atoms. The fourth-order valence-corrected chi connectivity index (χ4v) is 4.99. The van der Waals surface area contributed by atoms with E-state index >= 15 is 0 Å². The van der Waals surface area contributed by atoms with Crippen LogP contribution in [0, 0.1) is 6.92 Å². The predicted molar refractivity (Wildman–Crippen MR) is 163 cm³/mol. The van der Waals surface area contributed by atoms with E-state index in [-0.39, 0.29) is 0 Å². The van der Waals surface area contributed by atoms with Crippen LogP contribution < -0.4 is 21.1 Å². The summed E-state index contributed by atoms with van der Waals surface area (Å²) in [6.07, 6.45) is 6.21. The van der Waals surface area contributed by atoms with Crippen molar-refractivity contribution in [3.8, 4) is 5.75 Å². The molecular weight excluding hydrogens is 532 g/mol. The molecule has 0 aliphatic carbocycles. The highest BCUT2D eigenvalue weighted by atomic mass is 16.7. The smallest absolute Gasteiger partial charge is 0.316 e. The maximum absolute atomic E-state index is 11.1. The van der Waals surface area contributed by atoms with Gasteiger partial charge in [-0.2, -0.15) is 0 Å². The molecule has 4 rings (SSSR count). The van der Waals surface area contributed by atoms with Crippen LogP contribution in [0.3, 0.4) is 0 Å². The summed E-state index contributed by atoms with van der Waals surface area (Å²) in [6.45, 7) is 5.21. The number of nitrogens with two attached hydrogens (primary N) is 1. The van der Waals surface area contributed by atoms with Gasteiger partial charge in [0, 0.05) is 31.0 Å². The second-order valence-corrected chi connectivity index (χ2v) is 10.8. The van der Waals surface area contributed by atoms with Gasteiger partial charge in [-0.25, -0.2) is 9.78 Å². The van der Waals surface area contributed by atoms with Gasteiger partial charge < -0.3 is 35.7 Å². The minimum absolute atomic E-state index is 0.346. The van der Waals surface area contributed by atoms with E-state index in [2.05, 4.69) is 21.7 Å². The summed E-state index contributed by atoms with van der Waals surface area (Å²) in [5.41, 5.74) is 10.6. The third-order valence-corrected chi connectivity index (χ3v) is 7.11. The first-order chi connectivity index (χ1) is 20.5. The quantitative estimate of drug-likeness (QED) is 0.152. The second kappa shape index (κ2) is 16.8. The van der Waals surface area contributed by atoms with Crippen LogP contribution in [0.4, 0.5) is 10.5 Å². The molecule has 0 saturated carbocycles. The number of primary amides is 1. The number of carbonyl (C=O) groups is 1. The third kappa shape index (κ3) is 10.4.